The number of ether oxygens (including phenoxy) is 1. The summed E-state index contributed by atoms with van der Waals surface area (Å²) in [5, 5.41) is 2.86. The van der Waals surface area contributed by atoms with Crippen LogP contribution < -0.4 is 11.1 Å². The lowest BCUT2D eigenvalue weighted by molar-refractivity contribution is -0.120. The van der Waals surface area contributed by atoms with Gasteiger partial charge in [0.25, 0.3) is 0 Å². The molecule has 1 aromatic carbocycles. The fraction of sp³-hybridized carbons (Fsp3) is 0.417. The maximum Gasteiger partial charge on any atom is 0.231 e. The van der Waals surface area contributed by atoms with E-state index in [4.69, 9.17) is 22.1 Å². The zero-order chi connectivity index (χ0) is 14.9. The molecule has 2 atom stereocenters. The fourth-order valence-corrected chi connectivity index (χ4v) is 2.71. The van der Waals surface area contributed by atoms with Crippen molar-refractivity contribution < 1.29 is 17.9 Å². The number of sulfone groups is 1. The van der Waals surface area contributed by atoms with E-state index >= 15 is 0 Å². The summed E-state index contributed by atoms with van der Waals surface area (Å²) in [4.78, 5) is 12.1. The highest BCUT2D eigenvalue weighted by Crippen LogP contribution is 2.26. The number of amides is 1. The third-order valence-corrected chi connectivity index (χ3v) is 4.52. The molecule has 1 amide bonds. The van der Waals surface area contributed by atoms with Crippen LogP contribution in [0.1, 0.15) is 0 Å². The van der Waals surface area contributed by atoms with Gasteiger partial charge in [-0.25, -0.2) is 8.42 Å². The summed E-state index contributed by atoms with van der Waals surface area (Å²) in [7, 11) is -3.37. The SMILES string of the molecule is CS(=O)(=O)c1ccc(Cl)c(NC(=O)C2COCC2N)c1. The molecule has 6 nitrogen and oxygen atoms in total. The van der Waals surface area contributed by atoms with Gasteiger partial charge in [0.2, 0.25) is 5.91 Å². The van der Waals surface area contributed by atoms with E-state index < -0.39 is 15.8 Å². The number of halogens is 1. The highest BCUT2D eigenvalue weighted by Gasteiger charge is 2.31. The van der Waals surface area contributed by atoms with E-state index in [0.29, 0.717) is 6.61 Å². The molecule has 1 aliphatic rings. The monoisotopic (exact) mass is 318 g/mol. The minimum atomic E-state index is -3.37. The molecule has 0 radical (unpaired) electrons. The van der Waals surface area contributed by atoms with Gasteiger partial charge in [-0.2, -0.15) is 0 Å². The van der Waals surface area contributed by atoms with Crippen LogP contribution >= 0.6 is 11.6 Å². The van der Waals surface area contributed by atoms with Gasteiger partial charge in [-0.1, -0.05) is 11.6 Å². The molecule has 0 bridgehead atoms. The van der Waals surface area contributed by atoms with Crippen molar-refractivity contribution in [2.24, 2.45) is 11.7 Å². The van der Waals surface area contributed by atoms with Crippen molar-refractivity contribution in [2.45, 2.75) is 10.9 Å². The van der Waals surface area contributed by atoms with E-state index in [1.54, 1.807) is 0 Å². The van der Waals surface area contributed by atoms with Crippen LogP contribution in [0.2, 0.25) is 5.02 Å². The second-order valence-corrected chi connectivity index (χ2v) is 7.13. The molecular formula is C12H15ClN2O4S. The van der Waals surface area contributed by atoms with Gasteiger partial charge in [0.1, 0.15) is 0 Å². The largest absolute Gasteiger partial charge is 0.379 e. The average Bonchev–Trinajstić information content (AvgIpc) is 2.77. The van der Waals surface area contributed by atoms with Crippen LogP contribution in [-0.4, -0.2) is 39.8 Å². The number of nitrogens with one attached hydrogen (secondary N) is 1. The lowest BCUT2D eigenvalue weighted by Gasteiger charge is -2.14. The Morgan fingerprint density at radius 1 is 1.45 bits per heavy atom. The highest BCUT2D eigenvalue weighted by molar-refractivity contribution is 7.90. The molecule has 1 heterocycles. The average molecular weight is 319 g/mol. The van der Waals surface area contributed by atoms with Crippen LogP contribution in [0.3, 0.4) is 0 Å². The van der Waals surface area contributed by atoms with Gasteiger partial charge >= 0.3 is 0 Å². The molecule has 0 spiro atoms. The summed E-state index contributed by atoms with van der Waals surface area (Å²) >= 11 is 5.96. The summed E-state index contributed by atoms with van der Waals surface area (Å²) in [5.41, 5.74) is 6.00. The number of carbonyl (C=O) groups is 1. The minimum Gasteiger partial charge on any atom is -0.379 e. The Hall–Kier alpha value is -1.15. The van der Waals surface area contributed by atoms with E-state index in [9.17, 15) is 13.2 Å². The van der Waals surface area contributed by atoms with Crippen molar-refractivity contribution in [3.05, 3.63) is 23.2 Å². The zero-order valence-electron chi connectivity index (χ0n) is 10.8. The molecule has 20 heavy (non-hydrogen) atoms. The predicted octanol–water partition coefficient (Wildman–Crippen LogP) is 0.656. The lowest BCUT2D eigenvalue weighted by atomic mass is 10.0. The number of hydrogen-bond acceptors (Lipinski definition) is 5. The normalized spacial score (nSPS) is 22.8. The molecule has 1 saturated heterocycles. The summed E-state index contributed by atoms with van der Waals surface area (Å²) < 4.78 is 28.1. The smallest absolute Gasteiger partial charge is 0.231 e. The van der Waals surface area contributed by atoms with Crippen LogP contribution in [0.25, 0.3) is 0 Å². The summed E-state index contributed by atoms with van der Waals surface area (Å²) in [5.74, 6) is -0.796. The third-order valence-electron chi connectivity index (χ3n) is 3.09. The van der Waals surface area contributed by atoms with Crippen molar-refractivity contribution in [1.29, 1.82) is 0 Å². The van der Waals surface area contributed by atoms with E-state index in [-0.39, 0.29) is 34.2 Å². The Bertz CT molecular complexity index is 632. The van der Waals surface area contributed by atoms with Gasteiger partial charge in [-0.05, 0) is 18.2 Å². The molecule has 2 rings (SSSR count). The first-order valence-corrected chi connectivity index (χ1v) is 8.20. The molecule has 0 aliphatic carbocycles. The Balaban J connectivity index is 2.22. The first-order valence-electron chi connectivity index (χ1n) is 5.93. The van der Waals surface area contributed by atoms with Crippen LogP contribution in [-0.2, 0) is 19.4 Å². The maximum atomic E-state index is 12.1. The molecule has 1 aromatic rings. The Morgan fingerprint density at radius 2 is 2.15 bits per heavy atom. The van der Waals surface area contributed by atoms with Crippen LogP contribution in [0.5, 0.6) is 0 Å². The van der Waals surface area contributed by atoms with Crippen LogP contribution in [0, 0.1) is 5.92 Å². The second-order valence-electron chi connectivity index (χ2n) is 4.71. The van der Waals surface area contributed by atoms with E-state index in [1.807, 2.05) is 0 Å². The predicted molar refractivity (Wildman–Crippen MR) is 75.5 cm³/mol. The number of hydrogen-bond donors (Lipinski definition) is 2. The summed E-state index contributed by atoms with van der Waals surface area (Å²) in [6.45, 7) is 0.575. The van der Waals surface area contributed by atoms with Gasteiger partial charge in [0.15, 0.2) is 9.84 Å². The molecule has 8 heteroatoms. The quantitative estimate of drug-likeness (QED) is 0.853. The Kier molecular flexibility index (Phi) is 4.33. The van der Waals surface area contributed by atoms with E-state index in [1.165, 1.54) is 18.2 Å². The van der Waals surface area contributed by atoms with E-state index in [0.717, 1.165) is 6.26 Å². The third kappa shape index (κ3) is 3.29. The first kappa shape index (κ1) is 15.2. The Labute approximate surface area is 122 Å². The highest BCUT2D eigenvalue weighted by atomic mass is 35.5. The molecule has 0 saturated carbocycles. The number of benzene rings is 1. The van der Waals surface area contributed by atoms with Gasteiger partial charge in [-0.15, -0.1) is 0 Å². The zero-order valence-corrected chi connectivity index (χ0v) is 12.4. The standard InChI is InChI=1S/C12H15ClN2O4S/c1-20(17,18)7-2-3-9(13)11(4-7)15-12(16)8-5-19-6-10(8)14/h2-4,8,10H,5-6,14H2,1H3,(H,15,16). The van der Waals surface area contributed by atoms with Crippen molar-refractivity contribution >= 4 is 33.0 Å². The summed E-state index contributed by atoms with van der Waals surface area (Å²) in [6.07, 6.45) is 1.09. The number of anilines is 1. The van der Waals surface area contributed by atoms with Gasteiger partial charge in [-0.3, -0.25) is 4.79 Å². The molecule has 2 unspecified atom stereocenters. The second kappa shape index (κ2) is 5.69. The molecule has 1 aliphatic heterocycles. The van der Waals surface area contributed by atoms with Gasteiger partial charge in [0, 0.05) is 12.3 Å². The number of rotatable bonds is 3. The molecule has 1 fully saturated rings. The van der Waals surface area contributed by atoms with E-state index in [2.05, 4.69) is 5.32 Å². The maximum absolute atomic E-state index is 12.1. The number of nitrogens with two attached hydrogens (primary N) is 1. The van der Waals surface area contributed by atoms with Crippen LogP contribution in [0.4, 0.5) is 5.69 Å². The molecule has 110 valence electrons. The molecule has 0 aromatic heterocycles. The van der Waals surface area contributed by atoms with Crippen molar-refractivity contribution in [3.63, 3.8) is 0 Å². The first-order chi connectivity index (χ1) is 9.29. The van der Waals surface area contributed by atoms with Gasteiger partial charge < -0.3 is 15.8 Å². The molecular weight excluding hydrogens is 304 g/mol. The summed E-state index contributed by atoms with van der Waals surface area (Å²) in [6, 6.07) is 3.78. The fourth-order valence-electron chi connectivity index (χ4n) is 1.90. The van der Waals surface area contributed by atoms with Gasteiger partial charge in [0.05, 0.1) is 34.7 Å². The topological polar surface area (TPSA) is 98.5 Å². The van der Waals surface area contributed by atoms with Crippen LogP contribution in [0.15, 0.2) is 23.1 Å². The lowest BCUT2D eigenvalue weighted by Crippen LogP contribution is -2.37. The number of carbonyl (C=O) groups excluding carboxylic acids is 1. The van der Waals surface area contributed by atoms with Crippen molar-refractivity contribution in [3.8, 4) is 0 Å². The van der Waals surface area contributed by atoms with Crippen molar-refractivity contribution in [2.75, 3.05) is 24.8 Å². The van der Waals surface area contributed by atoms with Crippen molar-refractivity contribution in [1.82, 2.24) is 0 Å². The Morgan fingerprint density at radius 3 is 2.70 bits per heavy atom. The minimum absolute atomic E-state index is 0.0872. The molecule has 3 N–H and O–H groups in total.